The normalized spacial score (nSPS) is 10.9. The highest BCUT2D eigenvalue weighted by Gasteiger charge is 2.10. The Hall–Kier alpha value is -0.780. The first-order chi connectivity index (χ1) is 7.20. The van der Waals surface area contributed by atoms with E-state index in [1.165, 1.54) is 4.88 Å². The molecule has 0 saturated heterocycles. The molecule has 0 aromatic carbocycles. The van der Waals surface area contributed by atoms with E-state index in [4.69, 9.17) is 0 Å². The van der Waals surface area contributed by atoms with Crippen LogP contribution in [0.4, 0.5) is 0 Å². The molecule has 2 aromatic heterocycles. The summed E-state index contributed by atoms with van der Waals surface area (Å²) in [6.45, 7) is 4.90. The number of hydrogen-bond acceptors (Lipinski definition) is 5. The Bertz CT molecular complexity index is 459. The van der Waals surface area contributed by atoms with Crippen LogP contribution >= 0.6 is 22.7 Å². The highest BCUT2D eigenvalue weighted by molar-refractivity contribution is 7.15. The van der Waals surface area contributed by atoms with E-state index in [9.17, 15) is 0 Å². The number of rotatable bonds is 3. The van der Waals surface area contributed by atoms with Crippen molar-refractivity contribution in [3.05, 3.63) is 21.1 Å². The molecule has 2 aromatic rings. The Morgan fingerprint density at radius 2 is 2.13 bits per heavy atom. The molecule has 2 rings (SSSR count). The molecule has 15 heavy (non-hydrogen) atoms. The zero-order valence-corrected chi connectivity index (χ0v) is 10.6. The standard InChI is InChI=1S/C10H13N3S2/c1-6-10(15-7(2)12-6)8-5-14-9(13-8)4-11-3/h5,11H,4H2,1-3H3. The molecule has 0 unspecified atom stereocenters. The Labute approximate surface area is 97.2 Å². The zero-order valence-electron chi connectivity index (χ0n) is 9.00. The fraction of sp³-hybridized carbons (Fsp3) is 0.400. The summed E-state index contributed by atoms with van der Waals surface area (Å²) >= 11 is 3.40. The molecule has 0 fully saturated rings. The minimum atomic E-state index is 0.835. The number of aromatic nitrogens is 2. The summed E-state index contributed by atoms with van der Waals surface area (Å²) in [4.78, 5) is 10.2. The van der Waals surface area contributed by atoms with E-state index in [-0.39, 0.29) is 0 Å². The molecule has 0 atom stereocenters. The van der Waals surface area contributed by atoms with Crippen molar-refractivity contribution in [1.29, 1.82) is 0 Å². The van der Waals surface area contributed by atoms with Gasteiger partial charge < -0.3 is 5.32 Å². The van der Waals surface area contributed by atoms with Gasteiger partial charge in [-0.15, -0.1) is 22.7 Å². The number of nitrogens with one attached hydrogen (secondary N) is 1. The summed E-state index contributed by atoms with van der Waals surface area (Å²) in [5.41, 5.74) is 2.15. The molecule has 0 aliphatic carbocycles. The number of hydrogen-bond donors (Lipinski definition) is 1. The van der Waals surface area contributed by atoms with Crippen molar-refractivity contribution < 1.29 is 0 Å². The van der Waals surface area contributed by atoms with Crippen molar-refractivity contribution in [1.82, 2.24) is 15.3 Å². The third-order valence-electron chi connectivity index (χ3n) is 2.02. The molecule has 1 N–H and O–H groups in total. The van der Waals surface area contributed by atoms with Crippen molar-refractivity contribution >= 4 is 22.7 Å². The van der Waals surface area contributed by atoms with Gasteiger partial charge in [-0.3, -0.25) is 0 Å². The van der Waals surface area contributed by atoms with Crippen LogP contribution in [0, 0.1) is 13.8 Å². The second-order valence-electron chi connectivity index (χ2n) is 3.30. The Balaban J connectivity index is 2.32. The lowest BCUT2D eigenvalue weighted by molar-refractivity contribution is 0.811. The second-order valence-corrected chi connectivity index (χ2v) is 5.45. The SMILES string of the molecule is CNCc1nc(-c2sc(C)nc2C)cs1. The van der Waals surface area contributed by atoms with Crippen LogP contribution in [-0.4, -0.2) is 17.0 Å². The molecule has 0 aliphatic heterocycles. The third kappa shape index (κ3) is 2.25. The molecule has 0 amide bonds. The lowest BCUT2D eigenvalue weighted by Gasteiger charge is -1.92. The topological polar surface area (TPSA) is 37.8 Å². The first kappa shape index (κ1) is 10.7. The van der Waals surface area contributed by atoms with E-state index in [1.807, 2.05) is 20.9 Å². The van der Waals surface area contributed by atoms with E-state index >= 15 is 0 Å². The van der Waals surface area contributed by atoms with E-state index in [1.54, 1.807) is 22.7 Å². The van der Waals surface area contributed by atoms with Gasteiger partial charge in [0.25, 0.3) is 0 Å². The minimum absolute atomic E-state index is 0.835. The molecule has 0 saturated carbocycles. The van der Waals surface area contributed by atoms with Gasteiger partial charge in [-0.25, -0.2) is 9.97 Å². The predicted octanol–water partition coefficient (Wildman–Crippen LogP) is 2.60. The van der Waals surface area contributed by atoms with Gasteiger partial charge in [0.1, 0.15) is 5.01 Å². The third-order valence-corrected chi connectivity index (χ3v) is 3.96. The number of aryl methyl sites for hydroxylation is 2. The number of thiazole rings is 2. The van der Waals surface area contributed by atoms with Crippen LogP contribution in [0.15, 0.2) is 5.38 Å². The maximum Gasteiger partial charge on any atom is 0.107 e. The van der Waals surface area contributed by atoms with E-state index < -0.39 is 0 Å². The maximum absolute atomic E-state index is 4.57. The van der Waals surface area contributed by atoms with Crippen molar-refractivity contribution in [2.24, 2.45) is 0 Å². The molecular weight excluding hydrogens is 226 g/mol. The van der Waals surface area contributed by atoms with Crippen LogP contribution in [0.25, 0.3) is 10.6 Å². The number of nitrogens with zero attached hydrogens (tertiary/aromatic N) is 2. The van der Waals surface area contributed by atoms with Crippen LogP contribution in [0.5, 0.6) is 0 Å². The van der Waals surface area contributed by atoms with Gasteiger partial charge in [0.15, 0.2) is 0 Å². The van der Waals surface area contributed by atoms with Crippen LogP contribution in [-0.2, 0) is 6.54 Å². The van der Waals surface area contributed by atoms with Crippen LogP contribution in [0.2, 0.25) is 0 Å². The summed E-state index contributed by atoms with van der Waals surface area (Å²) in [5.74, 6) is 0. The summed E-state index contributed by atoms with van der Waals surface area (Å²) in [6, 6.07) is 0. The molecule has 3 nitrogen and oxygen atoms in total. The van der Waals surface area contributed by atoms with Crippen LogP contribution < -0.4 is 5.32 Å². The van der Waals surface area contributed by atoms with E-state index in [0.29, 0.717) is 0 Å². The van der Waals surface area contributed by atoms with Crippen molar-refractivity contribution in [2.45, 2.75) is 20.4 Å². The molecule has 80 valence electrons. The largest absolute Gasteiger partial charge is 0.314 e. The molecule has 0 bridgehead atoms. The Morgan fingerprint density at radius 1 is 1.33 bits per heavy atom. The fourth-order valence-electron chi connectivity index (χ4n) is 1.42. The average molecular weight is 239 g/mol. The average Bonchev–Trinajstić information content (AvgIpc) is 2.73. The van der Waals surface area contributed by atoms with Gasteiger partial charge in [0.2, 0.25) is 0 Å². The van der Waals surface area contributed by atoms with E-state index in [0.717, 1.165) is 27.9 Å². The molecule has 0 radical (unpaired) electrons. The lowest BCUT2D eigenvalue weighted by atomic mass is 10.3. The minimum Gasteiger partial charge on any atom is -0.314 e. The first-order valence-electron chi connectivity index (χ1n) is 4.74. The molecule has 0 spiro atoms. The van der Waals surface area contributed by atoms with Crippen LogP contribution in [0.1, 0.15) is 15.7 Å². The molecule has 5 heteroatoms. The summed E-state index contributed by atoms with van der Waals surface area (Å²) in [7, 11) is 1.93. The predicted molar refractivity (Wildman–Crippen MR) is 65.5 cm³/mol. The highest BCUT2D eigenvalue weighted by Crippen LogP contribution is 2.30. The summed E-state index contributed by atoms with van der Waals surface area (Å²) < 4.78 is 0. The van der Waals surface area contributed by atoms with Gasteiger partial charge in [-0.05, 0) is 20.9 Å². The van der Waals surface area contributed by atoms with Gasteiger partial charge in [-0.2, -0.15) is 0 Å². The molecule has 2 heterocycles. The van der Waals surface area contributed by atoms with Gasteiger partial charge >= 0.3 is 0 Å². The monoisotopic (exact) mass is 239 g/mol. The molecule has 0 aliphatic rings. The Morgan fingerprint density at radius 3 is 2.73 bits per heavy atom. The quantitative estimate of drug-likeness (QED) is 0.894. The van der Waals surface area contributed by atoms with Crippen molar-refractivity contribution in [3.63, 3.8) is 0 Å². The fourth-order valence-corrected chi connectivity index (χ4v) is 3.17. The highest BCUT2D eigenvalue weighted by atomic mass is 32.1. The molecular formula is C10H13N3S2. The van der Waals surface area contributed by atoms with Crippen LogP contribution in [0.3, 0.4) is 0 Å². The Kier molecular flexibility index (Phi) is 3.14. The summed E-state index contributed by atoms with van der Waals surface area (Å²) in [6.07, 6.45) is 0. The van der Waals surface area contributed by atoms with Gasteiger partial charge in [-0.1, -0.05) is 0 Å². The second kappa shape index (κ2) is 4.38. The summed E-state index contributed by atoms with van der Waals surface area (Å²) in [5, 5.41) is 7.43. The first-order valence-corrected chi connectivity index (χ1v) is 6.43. The lowest BCUT2D eigenvalue weighted by Crippen LogP contribution is -2.04. The van der Waals surface area contributed by atoms with Gasteiger partial charge in [0.05, 0.1) is 21.3 Å². The van der Waals surface area contributed by atoms with Crippen molar-refractivity contribution in [3.8, 4) is 10.6 Å². The smallest absolute Gasteiger partial charge is 0.107 e. The van der Waals surface area contributed by atoms with Gasteiger partial charge in [0, 0.05) is 11.9 Å². The maximum atomic E-state index is 4.57. The zero-order chi connectivity index (χ0) is 10.8. The van der Waals surface area contributed by atoms with Crippen molar-refractivity contribution in [2.75, 3.05) is 7.05 Å². The van der Waals surface area contributed by atoms with E-state index in [2.05, 4.69) is 20.7 Å².